The fraction of sp³-hybridized carbons (Fsp3) is 0.222. The van der Waals surface area contributed by atoms with Crippen molar-refractivity contribution in [3.63, 3.8) is 0 Å². The summed E-state index contributed by atoms with van der Waals surface area (Å²) < 4.78 is 60.6. The van der Waals surface area contributed by atoms with E-state index in [4.69, 9.17) is 0 Å². The molecule has 0 radical (unpaired) electrons. The molecule has 1 N–H and O–H groups in total. The van der Waals surface area contributed by atoms with Crippen LogP contribution in [0.5, 0.6) is 0 Å². The van der Waals surface area contributed by atoms with E-state index >= 15 is 0 Å². The molecule has 0 aliphatic heterocycles. The molecular formula is C18H15F3N2O3S3. The Labute approximate surface area is 173 Å². The van der Waals surface area contributed by atoms with E-state index in [-0.39, 0.29) is 12.3 Å². The summed E-state index contributed by atoms with van der Waals surface area (Å²) in [5, 5.41) is 4.93. The predicted molar refractivity (Wildman–Crippen MR) is 107 cm³/mol. The third-order valence-corrected chi connectivity index (χ3v) is 7.22. The van der Waals surface area contributed by atoms with Gasteiger partial charge >= 0.3 is 6.18 Å². The minimum atomic E-state index is -4.81. The Morgan fingerprint density at radius 1 is 1.14 bits per heavy atom. The number of benzene rings is 1. The smallest absolute Gasteiger partial charge is 0.302 e. The fourth-order valence-electron chi connectivity index (χ4n) is 2.48. The Morgan fingerprint density at radius 2 is 1.83 bits per heavy atom. The number of amides is 1. The largest absolute Gasteiger partial charge is 0.403 e. The predicted octanol–water partition coefficient (Wildman–Crippen LogP) is 4.70. The van der Waals surface area contributed by atoms with Gasteiger partial charge in [-0.3, -0.25) is 4.79 Å². The van der Waals surface area contributed by atoms with Gasteiger partial charge in [0.05, 0.1) is 21.9 Å². The highest BCUT2D eigenvalue weighted by atomic mass is 32.2. The van der Waals surface area contributed by atoms with Crippen molar-refractivity contribution in [1.82, 2.24) is 4.98 Å². The molecule has 0 spiro atoms. The average Bonchev–Trinajstić information content (AvgIpc) is 3.22. The number of aromatic nitrogens is 1. The number of thiazole rings is 1. The molecule has 29 heavy (non-hydrogen) atoms. The minimum Gasteiger partial charge on any atom is -0.302 e. The van der Waals surface area contributed by atoms with Crippen molar-refractivity contribution in [3.05, 3.63) is 52.2 Å². The zero-order valence-electron chi connectivity index (χ0n) is 15.0. The molecule has 11 heteroatoms. The second-order valence-electron chi connectivity index (χ2n) is 6.19. The number of nitrogens with zero attached hydrogens (tertiary/aromatic N) is 1. The van der Waals surface area contributed by atoms with Gasteiger partial charge in [-0.15, -0.1) is 22.7 Å². The highest BCUT2D eigenvalue weighted by Gasteiger charge is 2.35. The van der Waals surface area contributed by atoms with Crippen LogP contribution in [0.25, 0.3) is 10.6 Å². The molecule has 3 rings (SSSR count). The van der Waals surface area contributed by atoms with E-state index in [2.05, 4.69) is 10.3 Å². The Kier molecular flexibility index (Phi) is 6.11. The first-order valence-electron chi connectivity index (χ1n) is 8.22. The fourth-order valence-corrected chi connectivity index (χ4v) is 5.26. The van der Waals surface area contributed by atoms with Crippen LogP contribution in [-0.2, 0) is 21.1 Å². The summed E-state index contributed by atoms with van der Waals surface area (Å²) in [7, 11) is -4.47. The van der Waals surface area contributed by atoms with Crippen LogP contribution in [0.3, 0.4) is 0 Å². The van der Waals surface area contributed by atoms with Gasteiger partial charge in [0.2, 0.25) is 5.91 Å². The van der Waals surface area contributed by atoms with Crippen LogP contribution in [0.2, 0.25) is 0 Å². The summed E-state index contributed by atoms with van der Waals surface area (Å²) in [4.78, 5) is 18.3. The number of thiophene rings is 1. The topological polar surface area (TPSA) is 76.1 Å². The van der Waals surface area contributed by atoms with E-state index in [0.717, 1.165) is 27.6 Å². The number of sulfone groups is 1. The molecule has 0 atom stereocenters. The molecule has 154 valence electrons. The number of aryl methyl sites for hydroxylation is 1. The number of hydrogen-bond acceptors (Lipinski definition) is 6. The van der Waals surface area contributed by atoms with Crippen LogP contribution in [0.4, 0.5) is 18.3 Å². The van der Waals surface area contributed by atoms with E-state index in [9.17, 15) is 26.4 Å². The number of anilines is 1. The number of hydrogen-bond donors (Lipinski definition) is 1. The summed E-state index contributed by atoms with van der Waals surface area (Å²) >= 11 is 2.88. The van der Waals surface area contributed by atoms with Crippen molar-refractivity contribution in [2.45, 2.75) is 24.4 Å². The van der Waals surface area contributed by atoms with Gasteiger partial charge in [-0.1, -0.05) is 12.1 Å². The van der Waals surface area contributed by atoms with Crippen molar-refractivity contribution in [2.24, 2.45) is 0 Å². The van der Waals surface area contributed by atoms with Crippen LogP contribution < -0.4 is 5.32 Å². The molecule has 0 saturated heterocycles. The number of halogens is 3. The highest BCUT2D eigenvalue weighted by Crippen LogP contribution is 2.30. The Bertz CT molecular complexity index is 1120. The lowest BCUT2D eigenvalue weighted by Gasteiger charge is -2.08. The molecule has 0 aliphatic rings. The number of rotatable bonds is 6. The maximum atomic E-state index is 12.4. The van der Waals surface area contributed by atoms with E-state index in [0.29, 0.717) is 10.7 Å². The average molecular weight is 461 g/mol. The molecule has 0 unspecified atom stereocenters. The first-order valence-corrected chi connectivity index (χ1v) is 11.6. The molecule has 5 nitrogen and oxygen atoms in total. The van der Waals surface area contributed by atoms with Crippen molar-refractivity contribution in [1.29, 1.82) is 0 Å². The van der Waals surface area contributed by atoms with Gasteiger partial charge in [0.1, 0.15) is 0 Å². The van der Waals surface area contributed by atoms with Crippen molar-refractivity contribution < 1.29 is 26.4 Å². The molecule has 1 aromatic carbocycles. The van der Waals surface area contributed by atoms with E-state index in [1.807, 2.05) is 24.4 Å². The molecular weight excluding hydrogens is 445 g/mol. The summed E-state index contributed by atoms with van der Waals surface area (Å²) in [6, 6.07) is 8.73. The first-order chi connectivity index (χ1) is 13.5. The molecule has 1 amide bonds. The van der Waals surface area contributed by atoms with Gasteiger partial charge in [-0.2, -0.15) is 13.2 Å². The van der Waals surface area contributed by atoms with Gasteiger partial charge in [0.25, 0.3) is 0 Å². The third-order valence-electron chi connectivity index (χ3n) is 3.74. The van der Waals surface area contributed by atoms with Crippen LogP contribution in [0, 0.1) is 6.92 Å². The molecule has 0 aliphatic carbocycles. The molecule has 2 heterocycles. The van der Waals surface area contributed by atoms with Crippen LogP contribution in [0.15, 0.2) is 46.7 Å². The number of carbonyl (C=O) groups excluding carboxylic acids is 1. The maximum Gasteiger partial charge on any atom is 0.403 e. The Morgan fingerprint density at radius 3 is 2.41 bits per heavy atom. The molecule has 0 bridgehead atoms. The van der Waals surface area contributed by atoms with E-state index in [1.54, 1.807) is 11.3 Å². The lowest BCUT2D eigenvalue weighted by atomic mass is 10.1. The van der Waals surface area contributed by atoms with Gasteiger partial charge in [-0.25, -0.2) is 13.4 Å². The van der Waals surface area contributed by atoms with Crippen molar-refractivity contribution in [3.8, 4) is 10.6 Å². The summed E-state index contributed by atoms with van der Waals surface area (Å²) in [5.74, 6) is -2.28. The van der Waals surface area contributed by atoms with Gasteiger partial charge < -0.3 is 5.32 Å². The Hall–Kier alpha value is -2.24. The number of nitrogens with one attached hydrogen (secondary N) is 1. The van der Waals surface area contributed by atoms with Crippen LogP contribution in [0.1, 0.15) is 10.4 Å². The zero-order valence-corrected chi connectivity index (χ0v) is 17.4. The zero-order chi connectivity index (χ0) is 21.2. The highest BCUT2D eigenvalue weighted by molar-refractivity contribution is 7.91. The monoisotopic (exact) mass is 460 g/mol. The standard InChI is InChI=1S/C18H15F3N2O3S3/c1-11-2-7-15(28-11)14-9-27-17(22-14)23-16(24)8-12-3-5-13(6-4-12)29(25,26)10-18(19,20)21/h2-7,9H,8,10H2,1H3,(H,22,23,24). The normalized spacial score (nSPS) is 12.1. The quantitative estimate of drug-likeness (QED) is 0.579. The molecule has 0 saturated carbocycles. The second-order valence-corrected chi connectivity index (χ2v) is 10.3. The van der Waals surface area contributed by atoms with Gasteiger partial charge in [0.15, 0.2) is 20.7 Å². The maximum absolute atomic E-state index is 12.4. The SMILES string of the molecule is Cc1ccc(-c2csc(NC(=O)Cc3ccc(S(=O)(=O)CC(F)(F)F)cc3)n2)s1. The second kappa shape index (κ2) is 8.25. The summed E-state index contributed by atoms with van der Waals surface area (Å²) in [5.41, 5.74) is 1.24. The van der Waals surface area contributed by atoms with Crippen molar-refractivity contribution in [2.75, 3.05) is 11.1 Å². The lowest BCUT2D eigenvalue weighted by molar-refractivity contribution is -0.115. The molecule has 2 aromatic heterocycles. The van der Waals surface area contributed by atoms with E-state index < -0.39 is 26.7 Å². The van der Waals surface area contributed by atoms with Crippen LogP contribution >= 0.6 is 22.7 Å². The summed E-state index contributed by atoms with van der Waals surface area (Å²) in [6.07, 6.45) is -4.88. The summed E-state index contributed by atoms with van der Waals surface area (Å²) in [6.45, 7) is 1.99. The number of carbonyl (C=O) groups is 1. The van der Waals surface area contributed by atoms with Gasteiger partial charge in [-0.05, 0) is 36.8 Å². The third kappa shape index (κ3) is 5.87. The molecule has 3 aromatic rings. The van der Waals surface area contributed by atoms with Crippen LogP contribution in [-0.4, -0.2) is 31.2 Å². The van der Waals surface area contributed by atoms with Gasteiger partial charge in [0, 0.05) is 10.3 Å². The lowest BCUT2D eigenvalue weighted by Crippen LogP contribution is -2.22. The van der Waals surface area contributed by atoms with Crippen molar-refractivity contribution >= 4 is 43.5 Å². The minimum absolute atomic E-state index is 0.0629. The Balaban J connectivity index is 1.62. The van der Waals surface area contributed by atoms with E-state index in [1.165, 1.54) is 23.5 Å². The number of alkyl halides is 3. The first kappa shape index (κ1) is 21.5. The molecule has 0 fully saturated rings.